The van der Waals surface area contributed by atoms with E-state index in [9.17, 15) is 4.79 Å². The first-order valence-electron chi connectivity index (χ1n) is 6.75. The molecule has 0 aromatic heterocycles. The van der Waals surface area contributed by atoms with Gasteiger partial charge in [-0.2, -0.15) is 0 Å². The van der Waals surface area contributed by atoms with Crippen molar-refractivity contribution in [2.24, 2.45) is 11.8 Å². The van der Waals surface area contributed by atoms with Gasteiger partial charge < -0.3 is 10.6 Å². The quantitative estimate of drug-likeness (QED) is 0.801. The molecule has 0 spiro atoms. The van der Waals surface area contributed by atoms with E-state index < -0.39 is 0 Å². The summed E-state index contributed by atoms with van der Waals surface area (Å²) in [7, 11) is 0. The van der Waals surface area contributed by atoms with Crippen LogP contribution >= 0.6 is 11.6 Å². The van der Waals surface area contributed by atoms with Crippen LogP contribution in [0.1, 0.15) is 37.6 Å². The zero-order valence-corrected chi connectivity index (χ0v) is 12.4. The summed E-state index contributed by atoms with van der Waals surface area (Å²) in [5.41, 5.74) is 6.87. The highest BCUT2D eigenvalue weighted by Gasteiger charge is 2.32. The van der Waals surface area contributed by atoms with Crippen LogP contribution in [0.3, 0.4) is 0 Å². The number of rotatable bonds is 1. The summed E-state index contributed by atoms with van der Waals surface area (Å²) in [5.74, 6) is 1.08. The maximum absolute atomic E-state index is 12.6. The number of hydrogen-bond acceptors (Lipinski definition) is 2. The molecular formula is C15H21ClN2O. The van der Waals surface area contributed by atoms with Crippen LogP contribution in [0.25, 0.3) is 0 Å². The van der Waals surface area contributed by atoms with Crippen molar-refractivity contribution < 1.29 is 4.79 Å². The van der Waals surface area contributed by atoms with E-state index in [1.807, 2.05) is 4.90 Å². The minimum absolute atomic E-state index is 0.0279. The summed E-state index contributed by atoms with van der Waals surface area (Å²) in [6.45, 7) is 7.31. The second kappa shape index (κ2) is 5.41. The summed E-state index contributed by atoms with van der Waals surface area (Å²) in [6, 6.07) is 5.30. The van der Waals surface area contributed by atoms with Crippen molar-refractivity contribution in [1.82, 2.24) is 4.90 Å². The van der Waals surface area contributed by atoms with E-state index in [4.69, 9.17) is 17.3 Å². The highest BCUT2D eigenvalue weighted by Crippen LogP contribution is 2.29. The first-order chi connectivity index (χ1) is 8.88. The van der Waals surface area contributed by atoms with Crippen molar-refractivity contribution in [2.75, 3.05) is 12.3 Å². The van der Waals surface area contributed by atoms with E-state index in [1.165, 1.54) is 6.42 Å². The van der Waals surface area contributed by atoms with E-state index in [0.29, 0.717) is 28.1 Å². The average Bonchev–Trinajstić information content (AvgIpc) is 2.31. The Labute approximate surface area is 119 Å². The van der Waals surface area contributed by atoms with Gasteiger partial charge in [-0.1, -0.05) is 25.4 Å². The van der Waals surface area contributed by atoms with Gasteiger partial charge in [-0.25, -0.2) is 0 Å². The van der Waals surface area contributed by atoms with Gasteiger partial charge >= 0.3 is 0 Å². The minimum atomic E-state index is 0.0279. The molecule has 1 heterocycles. The number of likely N-dealkylation sites (tertiary alicyclic amines) is 1. The number of nitrogens with two attached hydrogens (primary N) is 1. The average molecular weight is 281 g/mol. The van der Waals surface area contributed by atoms with E-state index in [-0.39, 0.29) is 11.9 Å². The number of amides is 1. The first-order valence-corrected chi connectivity index (χ1v) is 7.13. The highest BCUT2D eigenvalue weighted by molar-refractivity contribution is 6.31. The molecule has 1 aromatic rings. The fourth-order valence-corrected chi connectivity index (χ4v) is 3.13. The Morgan fingerprint density at radius 2 is 2.00 bits per heavy atom. The van der Waals surface area contributed by atoms with E-state index >= 15 is 0 Å². The van der Waals surface area contributed by atoms with Crippen molar-refractivity contribution in [1.29, 1.82) is 0 Å². The molecule has 1 fully saturated rings. The van der Waals surface area contributed by atoms with E-state index in [1.54, 1.807) is 18.2 Å². The van der Waals surface area contributed by atoms with Crippen LogP contribution in [-0.2, 0) is 0 Å². The largest absolute Gasteiger partial charge is 0.399 e. The number of piperidine rings is 1. The Hall–Kier alpha value is -1.22. The van der Waals surface area contributed by atoms with Crippen LogP contribution in [0.15, 0.2) is 18.2 Å². The van der Waals surface area contributed by atoms with Gasteiger partial charge in [0.05, 0.1) is 0 Å². The third-order valence-electron chi connectivity index (χ3n) is 4.03. The Morgan fingerprint density at radius 3 is 2.63 bits per heavy atom. The predicted molar refractivity (Wildman–Crippen MR) is 79.3 cm³/mol. The summed E-state index contributed by atoms with van der Waals surface area (Å²) in [5, 5.41) is 0.508. The summed E-state index contributed by atoms with van der Waals surface area (Å²) in [6.07, 6.45) is 1.17. The Bertz CT molecular complexity index is 469. The van der Waals surface area contributed by atoms with Gasteiger partial charge in [-0.3, -0.25) is 4.79 Å². The minimum Gasteiger partial charge on any atom is -0.399 e. The number of carbonyl (C=O) groups excluding carboxylic acids is 1. The van der Waals surface area contributed by atoms with Crippen LogP contribution in [-0.4, -0.2) is 23.4 Å². The number of carbonyl (C=O) groups is 1. The molecular weight excluding hydrogens is 260 g/mol. The van der Waals surface area contributed by atoms with Gasteiger partial charge in [0, 0.05) is 28.9 Å². The summed E-state index contributed by atoms with van der Waals surface area (Å²) < 4.78 is 0. The number of nitrogens with zero attached hydrogens (tertiary/aromatic N) is 1. The van der Waals surface area contributed by atoms with Crippen LogP contribution in [0, 0.1) is 11.8 Å². The lowest BCUT2D eigenvalue weighted by molar-refractivity contribution is 0.0456. The monoisotopic (exact) mass is 280 g/mol. The number of nitrogen functional groups attached to an aromatic ring is 1. The Balaban J connectivity index is 2.27. The molecule has 4 heteroatoms. The molecule has 1 saturated heterocycles. The SMILES string of the molecule is CC1CC(C)C(C)N(C(=O)c2cc(N)cc(Cl)c2)C1. The number of hydrogen-bond donors (Lipinski definition) is 1. The third-order valence-corrected chi connectivity index (χ3v) is 4.24. The van der Waals surface area contributed by atoms with Gasteiger partial charge in [-0.15, -0.1) is 0 Å². The lowest BCUT2D eigenvalue weighted by Crippen LogP contribution is -2.48. The molecule has 0 aliphatic carbocycles. The first kappa shape index (κ1) is 14.2. The molecule has 3 nitrogen and oxygen atoms in total. The Kier molecular flexibility index (Phi) is 4.04. The highest BCUT2D eigenvalue weighted by atomic mass is 35.5. The molecule has 1 aliphatic rings. The number of benzene rings is 1. The molecule has 0 saturated carbocycles. The third kappa shape index (κ3) is 3.03. The van der Waals surface area contributed by atoms with Crippen LogP contribution in [0.4, 0.5) is 5.69 Å². The van der Waals surface area contributed by atoms with Gasteiger partial charge in [0.25, 0.3) is 5.91 Å². The molecule has 0 radical (unpaired) electrons. The predicted octanol–water partition coefficient (Wildman–Crippen LogP) is 3.43. The maximum atomic E-state index is 12.6. The standard InChI is InChI=1S/C15H21ClN2O/c1-9-4-10(2)11(3)18(8-9)15(19)12-5-13(16)7-14(17)6-12/h5-7,9-11H,4,8,17H2,1-3H3. The summed E-state index contributed by atoms with van der Waals surface area (Å²) in [4.78, 5) is 14.6. The zero-order chi connectivity index (χ0) is 14.2. The molecule has 3 atom stereocenters. The van der Waals surface area contributed by atoms with Crippen molar-refractivity contribution in [2.45, 2.75) is 33.2 Å². The normalized spacial score (nSPS) is 27.4. The topological polar surface area (TPSA) is 46.3 Å². The van der Waals surface area contributed by atoms with Gasteiger partial charge in [0.15, 0.2) is 0 Å². The molecule has 104 valence electrons. The molecule has 19 heavy (non-hydrogen) atoms. The molecule has 2 rings (SSSR count). The van der Waals surface area contributed by atoms with Crippen molar-refractivity contribution >= 4 is 23.2 Å². The van der Waals surface area contributed by atoms with Gasteiger partial charge in [-0.05, 0) is 43.4 Å². The van der Waals surface area contributed by atoms with Crippen LogP contribution < -0.4 is 5.73 Å². The molecule has 2 N–H and O–H groups in total. The number of halogens is 1. The molecule has 3 unspecified atom stereocenters. The lowest BCUT2D eigenvalue weighted by atomic mass is 9.85. The molecule has 1 amide bonds. The van der Waals surface area contributed by atoms with Crippen molar-refractivity contribution in [3.63, 3.8) is 0 Å². The smallest absolute Gasteiger partial charge is 0.254 e. The van der Waals surface area contributed by atoms with Crippen molar-refractivity contribution in [3.05, 3.63) is 28.8 Å². The lowest BCUT2D eigenvalue weighted by Gasteiger charge is -2.41. The van der Waals surface area contributed by atoms with Gasteiger partial charge in [0.1, 0.15) is 0 Å². The Morgan fingerprint density at radius 1 is 1.32 bits per heavy atom. The van der Waals surface area contributed by atoms with Gasteiger partial charge in [0.2, 0.25) is 0 Å². The van der Waals surface area contributed by atoms with Crippen LogP contribution in [0.5, 0.6) is 0 Å². The molecule has 1 aliphatic heterocycles. The zero-order valence-electron chi connectivity index (χ0n) is 11.7. The fourth-order valence-electron chi connectivity index (χ4n) is 2.88. The van der Waals surface area contributed by atoms with E-state index in [0.717, 1.165) is 6.54 Å². The van der Waals surface area contributed by atoms with Crippen molar-refractivity contribution in [3.8, 4) is 0 Å². The molecule has 1 aromatic carbocycles. The van der Waals surface area contributed by atoms with E-state index in [2.05, 4.69) is 20.8 Å². The second-order valence-corrected chi connectivity index (χ2v) is 6.23. The molecule has 0 bridgehead atoms. The maximum Gasteiger partial charge on any atom is 0.254 e. The second-order valence-electron chi connectivity index (χ2n) is 5.79. The number of anilines is 1. The summed E-state index contributed by atoms with van der Waals surface area (Å²) >= 11 is 5.98. The van der Waals surface area contributed by atoms with Crippen LogP contribution in [0.2, 0.25) is 5.02 Å². The fraction of sp³-hybridized carbons (Fsp3) is 0.533.